The molecule has 0 atom stereocenters. The number of aryl methyl sites for hydroxylation is 2. The van der Waals surface area contributed by atoms with Crippen LogP contribution in [0.5, 0.6) is 11.5 Å². The summed E-state index contributed by atoms with van der Waals surface area (Å²) in [6.07, 6.45) is 0. The number of hydrogen-bond acceptors (Lipinski definition) is 4. The van der Waals surface area contributed by atoms with E-state index in [0.29, 0.717) is 22.6 Å². The summed E-state index contributed by atoms with van der Waals surface area (Å²) in [7, 11) is 1.59. The monoisotopic (exact) mass is 403 g/mol. The van der Waals surface area contributed by atoms with Gasteiger partial charge in [0.2, 0.25) is 0 Å². The Kier molecular flexibility index (Phi) is 6.52. The van der Waals surface area contributed by atoms with Gasteiger partial charge >= 0.3 is 0 Å². The van der Waals surface area contributed by atoms with E-state index in [1.54, 1.807) is 49.6 Å². The van der Waals surface area contributed by atoms with Crippen LogP contribution in [-0.2, 0) is 6.61 Å². The Hall–Kier alpha value is -3.60. The fraction of sp³-hybridized carbons (Fsp3) is 0.200. The number of carbonyl (C=O) groups excluding carboxylic acids is 2. The van der Waals surface area contributed by atoms with Gasteiger partial charge in [0.05, 0.1) is 7.11 Å². The van der Waals surface area contributed by atoms with E-state index in [2.05, 4.69) is 11.4 Å². The number of rotatable bonds is 7. The second-order valence-corrected chi connectivity index (χ2v) is 7.23. The van der Waals surface area contributed by atoms with Crippen LogP contribution in [-0.4, -0.2) is 18.8 Å². The standard InChI is InChI=1S/C25H25NO4/c1-16-10-17(2)12-23(11-16)30-15-21-13-20(8-9-24(21)29-4)25(28)26-22-7-5-6-19(14-22)18(3)27/h5-14H,15H2,1-4H3,(H,26,28). The number of ketones is 1. The highest BCUT2D eigenvalue weighted by Crippen LogP contribution is 2.24. The molecule has 0 aromatic heterocycles. The van der Waals surface area contributed by atoms with Crippen LogP contribution in [0.2, 0.25) is 0 Å². The first-order valence-electron chi connectivity index (χ1n) is 9.66. The van der Waals surface area contributed by atoms with Crippen LogP contribution < -0.4 is 14.8 Å². The first kappa shape index (κ1) is 21.1. The van der Waals surface area contributed by atoms with E-state index in [1.807, 2.05) is 26.0 Å². The Bertz CT molecular complexity index is 1070. The molecular weight excluding hydrogens is 378 g/mol. The molecular formula is C25H25NO4. The van der Waals surface area contributed by atoms with E-state index < -0.39 is 0 Å². The molecule has 154 valence electrons. The van der Waals surface area contributed by atoms with E-state index in [1.165, 1.54) is 6.92 Å². The fourth-order valence-electron chi connectivity index (χ4n) is 3.23. The van der Waals surface area contributed by atoms with Gasteiger partial charge < -0.3 is 14.8 Å². The van der Waals surface area contributed by atoms with Crippen molar-refractivity contribution in [2.75, 3.05) is 12.4 Å². The summed E-state index contributed by atoms with van der Waals surface area (Å²) in [6.45, 7) is 5.80. The van der Waals surface area contributed by atoms with Gasteiger partial charge in [-0.25, -0.2) is 0 Å². The van der Waals surface area contributed by atoms with Gasteiger partial charge in [0.25, 0.3) is 5.91 Å². The number of ether oxygens (including phenoxy) is 2. The Balaban J connectivity index is 1.78. The molecule has 0 aliphatic carbocycles. The zero-order valence-corrected chi connectivity index (χ0v) is 17.6. The third kappa shape index (κ3) is 5.26. The molecule has 0 unspecified atom stereocenters. The van der Waals surface area contributed by atoms with Crippen LogP contribution >= 0.6 is 0 Å². The maximum absolute atomic E-state index is 12.7. The smallest absolute Gasteiger partial charge is 0.255 e. The molecule has 30 heavy (non-hydrogen) atoms. The Morgan fingerprint density at radius 1 is 0.900 bits per heavy atom. The van der Waals surface area contributed by atoms with Crippen LogP contribution in [0.15, 0.2) is 60.7 Å². The largest absolute Gasteiger partial charge is 0.496 e. The molecule has 0 saturated heterocycles. The predicted octanol–water partition coefficient (Wildman–Crippen LogP) is 5.35. The molecule has 0 bridgehead atoms. The minimum absolute atomic E-state index is 0.0543. The lowest BCUT2D eigenvalue weighted by molar-refractivity contribution is 0.101. The number of carbonyl (C=O) groups is 2. The SMILES string of the molecule is COc1ccc(C(=O)Nc2cccc(C(C)=O)c2)cc1COc1cc(C)cc(C)c1. The minimum Gasteiger partial charge on any atom is -0.496 e. The maximum atomic E-state index is 12.7. The molecule has 0 heterocycles. The van der Waals surface area contributed by atoms with E-state index in [4.69, 9.17) is 9.47 Å². The van der Waals surface area contributed by atoms with Crippen molar-refractivity contribution in [3.63, 3.8) is 0 Å². The van der Waals surface area contributed by atoms with Gasteiger partial charge in [-0.1, -0.05) is 18.2 Å². The zero-order chi connectivity index (χ0) is 21.7. The number of hydrogen-bond donors (Lipinski definition) is 1. The lowest BCUT2D eigenvalue weighted by Gasteiger charge is -2.13. The van der Waals surface area contributed by atoms with Crippen LogP contribution in [0.3, 0.4) is 0 Å². The summed E-state index contributed by atoms with van der Waals surface area (Å²) in [4.78, 5) is 24.3. The van der Waals surface area contributed by atoms with Crippen molar-refractivity contribution in [3.8, 4) is 11.5 Å². The first-order chi connectivity index (χ1) is 14.4. The van der Waals surface area contributed by atoms with Crippen LogP contribution in [0.4, 0.5) is 5.69 Å². The molecule has 1 N–H and O–H groups in total. The minimum atomic E-state index is -0.272. The topological polar surface area (TPSA) is 64.6 Å². The van der Waals surface area contributed by atoms with Crippen molar-refractivity contribution >= 4 is 17.4 Å². The van der Waals surface area contributed by atoms with Crippen molar-refractivity contribution in [1.29, 1.82) is 0 Å². The normalized spacial score (nSPS) is 10.4. The number of anilines is 1. The second kappa shape index (κ2) is 9.27. The average Bonchev–Trinajstić information content (AvgIpc) is 2.71. The van der Waals surface area contributed by atoms with Gasteiger partial charge in [0, 0.05) is 22.4 Å². The van der Waals surface area contributed by atoms with Gasteiger partial charge in [-0.3, -0.25) is 9.59 Å². The van der Waals surface area contributed by atoms with E-state index in [0.717, 1.165) is 22.4 Å². The number of Topliss-reactive ketones (excluding diaryl/α,β-unsaturated/α-hetero) is 1. The first-order valence-corrected chi connectivity index (χ1v) is 9.66. The maximum Gasteiger partial charge on any atom is 0.255 e. The van der Waals surface area contributed by atoms with E-state index in [9.17, 15) is 9.59 Å². The van der Waals surface area contributed by atoms with Crippen LogP contribution in [0.25, 0.3) is 0 Å². The molecule has 0 fully saturated rings. The molecule has 5 heteroatoms. The molecule has 3 aromatic carbocycles. The van der Waals surface area contributed by atoms with Gasteiger partial charge in [-0.15, -0.1) is 0 Å². The van der Waals surface area contributed by atoms with Crippen molar-refractivity contribution < 1.29 is 19.1 Å². The third-order valence-corrected chi connectivity index (χ3v) is 4.66. The van der Waals surface area contributed by atoms with Gasteiger partial charge in [0.15, 0.2) is 5.78 Å². The number of amides is 1. The molecule has 0 aliphatic rings. The Morgan fingerprint density at radius 3 is 2.30 bits per heavy atom. The summed E-state index contributed by atoms with van der Waals surface area (Å²) >= 11 is 0. The summed E-state index contributed by atoms with van der Waals surface area (Å²) in [5.41, 5.74) is 4.60. The van der Waals surface area contributed by atoms with Crippen LogP contribution in [0, 0.1) is 13.8 Å². The quantitative estimate of drug-likeness (QED) is 0.541. The molecule has 0 aliphatic heterocycles. The summed E-state index contributed by atoms with van der Waals surface area (Å²) in [5.74, 6) is 1.09. The third-order valence-electron chi connectivity index (χ3n) is 4.66. The summed E-state index contributed by atoms with van der Waals surface area (Å²) in [5, 5.41) is 2.83. The molecule has 0 saturated carbocycles. The highest BCUT2D eigenvalue weighted by atomic mass is 16.5. The fourth-order valence-corrected chi connectivity index (χ4v) is 3.23. The van der Waals surface area contributed by atoms with Crippen molar-refractivity contribution in [2.45, 2.75) is 27.4 Å². The molecule has 0 spiro atoms. The van der Waals surface area contributed by atoms with Crippen molar-refractivity contribution in [1.82, 2.24) is 0 Å². The second-order valence-electron chi connectivity index (χ2n) is 7.23. The highest BCUT2D eigenvalue weighted by Gasteiger charge is 2.12. The number of benzene rings is 3. The van der Waals surface area contributed by atoms with Crippen molar-refractivity contribution in [2.24, 2.45) is 0 Å². The predicted molar refractivity (Wildman–Crippen MR) is 118 cm³/mol. The van der Waals surface area contributed by atoms with Crippen LogP contribution in [0.1, 0.15) is 44.3 Å². The molecule has 0 radical (unpaired) electrons. The number of nitrogens with one attached hydrogen (secondary N) is 1. The number of methoxy groups -OCH3 is 1. The molecule has 5 nitrogen and oxygen atoms in total. The van der Waals surface area contributed by atoms with Crippen molar-refractivity contribution in [3.05, 3.63) is 88.5 Å². The van der Waals surface area contributed by atoms with Gasteiger partial charge in [-0.05, 0) is 74.4 Å². The lowest BCUT2D eigenvalue weighted by atomic mass is 10.1. The lowest BCUT2D eigenvalue weighted by Crippen LogP contribution is -2.13. The Morgan fingerprint density at radius 2 is 1.63 bits per heavy atom. The Labute approximate surface area is 176 Å². The van der Waals surface area contributed by atoms with E-state index in [-0.39, 0.29) is 18.3 Å². The molecule has 3 rings (SSSR count). The highest BCUT2D eigenvalue weighted by molar-refractivity contribution is 6.05. The van der Waals surface area contributed by atoms with E-state index >= 15 is 0 Å². The average molecular weight is 403 g/mol. The van der Waals surface area contributed by atoms with Gasteiger partial charge in [-0.2, -0.15) is 0 Å². The summed E-state index contributed by atoms with van der Waals surface area (Å²) in [6, 6.07) is 18.1. The van der Waals surface area contributed by atoms with Gasteiger partial charge in [0.1, 0.15) is 18.1 Å². The molecule has 1 amide bonds. The zero-order valence-electron chi connectivity index (χ0n) is 17.6. The summed E-state index contributed by atoms with van der Waals surface area (Å²) < 4.78 is 11.4. The molecule has 3 aromatic rings.